The molecule has 3 unspecified atom stereocenters. The van der Waals surface area contributed by atoms with Crippen LogP contribution in [0.25, 0.3) is 0 Å². The van der Waals surface area contributed by atoms with Crippen molar-refractivity contribution in [2.75, 3.05) is 19.8 Å². The predicted octanol–water partition coefficient (Wildman–Crippen LogP) is 4.29. The standard InChI is InChI=1S/C24H28F6O6/c25-22(26,36-24(29,30)23(27,28)21(33)18(32)12-31)14-35-20-11-10-19(16-8-4-5-9-17(16)20)34-13-15-6-2-1-3-7-15/h4-5,8-11,15-16,18-19,31-32H,1-3,6-7,12-14H2. The second-order valence-corrected chi connectivity index (χ2v) is 8.93. The van der Waals surface area contributed by atoms with E-state index in [1.165, 1.54) is 12.5 Å². The second-order valence-electron chi connectivity index (χ2n) is 8.93. The van der Waals surface area contributed by atoms with Crippen LogP contribution in [0, 0.1) is 11.8 Å². The third kappa shape index (κ3) is 6.58. The van der Waals surface area contributed by atoms with Crippen LogP contribution in [0.4, 0.5) is 26.3 Å². The molecule has 0 aromatic rings. The molecule has 6 nitrogen and oxygen atoms in total. The SMILES string of the molecule is O=C(C(O)CO)C(F)(F)C(F)(F)OC(F)(F)COC1=C2C=CC=CC2C(OCC2CCCCC2)C=C1. The molecule has 3 atom stereocenters. The van der Waals surface area contributed by atoms with Gasteiger partial charge in [0.1, 0.15) is 11.9 Å². The lowest BCUT2D eigenvalue weighted by Crippen LogP contribution is -2.56. The van der Waals surface area contributed by atoms with Gasteiger partial charge in [0, 0.05) is 11.5 Å². The fraction of sp³-hybridized carbons (Fsp3) is 0.625. The summed E-state index contributed by atoms with van der Waals surface area (Å²) in [5, 5.41) is 17.4. The van der Waals surface area contributed by atoms with Crippen LogP contribution in [0.3, 0.4) is 0 Å². The highest BCUT2D eigenvalue weighted by molar-refractivity contribution is 5.90. The van der Waals surface area contributed by atoms with Crippen LogP contribution in [0.1, 0.15) is 32.1 Å². The maximum Gasteiger partial charge on any atom is 0.431 e. The van der Waals surface area contributed by atoms with E-state index in [0.717, 1.165) is 25.7 Å². The number of hydrogen-bond acceptors (Lipinski definition) is 6. The van der Waals surface area contributed by atoms with Gasteiger partial charge >= 0.3 is 18.1 Å². The monoisotopic (exact) mass is 526 g/mol. The lowest BCUT2D eigenvalue weighted by molar-refractivity contribution is -0.426. The molecule has 0 heterocycles. The number of alkyl halides is 6. The van der Waals surface area contributed by atoms with Crippen molar-refractivity contribution in [1.29, 1.82) is 0 Å². The molecule has 0 aliphatic heterocycles. The molecule has 0 saturated heterocycles. The summed E-state index contributed by atoms with van der Waals surface area (Å²) >= 11 is 0. The van der Waals surface area contributed by atoms with Crippen molar-refractivity contribution < 1.29 is 55.6 Å². The summed E-state index contributed by atoms with van der Waals surface area (Å²) in [6.07, 6.45) is 0.990. The zero-order valence-electron chi connectivity index (χ0n) is 19.2. The van der Waals surface area contributed by atoms with Crippen LogP contribution in [0.5, 0.6) is 0 Å². The average molecular weight is 526 g/mol. The zero-order chi connectivity index (χ0) is 26.6. The van der Waals surface area contributed by atoms with E-state index < -0.39 is 55.3 Å². The maximum absolute atomic E-state index is 14.1. The Labute approximate surface area is 203 Å². The summed E-state index contributed by atoms with van der Waals surface area (Å²) in [6.45, 7) is -2.94. The minimum atomic E-state index is -6.00. The van der Waals surface area contributed by atoms with Crippen LogP contribution >= 0.6 is 0 Å². The van der Waals surface area contributed by atoms with Gasteiger partial charge < -0.3 is 19.7 Å². The number of ketones is 1. The van der Waals surface area contributed by atoms with Crippen LogP contribution in [-0.2, 0) is 19.0 Å². The topological polar surface area (TPSA) is 85.2 Å². The van der Waals surface area contributed by atoms with Gasteiger partial charge in [0.25, 0.3) is 0 Å². The smallest absolute Gasteiger partial charge is 0.431 e. The van der Waals surface area contributed by atoms with Gasteiger partial charge in [-0.1, -0.05) is 49.6 Å². The quantitative estimate of drug-likeness (QED) is 0.369. The normalized spacial score (nSPS) is 24.1. The number of carbonyl (C=O) groups excluding carboxylic acids is 1. The van der Waals surface area contributed by atoms with Crippen molar-refractivity contribution in [3.63, 3.8) is 0 Å². The van der Waals surface area contributed by atoms with Gasteiger partial charge in [0.15, 0.2) is 6.61 Å². The number of halogens is 6. The molecular weight excluding hydrogens is 498 g/mol. The molecule has 0 aromatic heterocycles. The third-order valence-electron chi connectivity index (χ3n) is 6.21. The number of aliphatic hydroxyl groups excluding tert-OH is 2. The molecule has 0 radical (unpaired) electrons. The van der Waals surface area contributed by atoms with Crippen molar-refractivity contribution in [2.24, 2.45) is 11.8 Å². The second kappa shape index (κ2) is 11.5. The highest BCUT2D eigenvalue weighted by atomic mass is 19.3. The summed E-state index contributed by atoms with van der Waals surface area (Å²) in [7, 11) is 0. The van der Waals surface area contributed by atoms with E-state index in [0.29, 0.717) is 18.1 Å². The van der Waals surface area contributed by atoms with E-state index in [-0.39, 0.29) is 5.76 Å². The fourth-order valence-electron chi connectivity index (χ4n) is 4.26. The molecule has 3 aliphatic carbocycles. The van der Waals surface area contributed by atoms with E-state index in [1.54, 1.807) is 30.4 Å². The fourth-order valence-corrected chi connectivity index (χ4v) is 4.26. The molecule has 0 aromatic carbocycles. The van der Waals surface area contributed by atoms with Crippen LogP contribution in [0.15, 0.2) is 47.8 Å². The summed E-state index contributed by atoms with van der Waals surface area (Å²) < 4.78 is 97.2. The number of allylic oxidation sites excluding steroid dienone is 4. The Morgan fingerprint density at radius 2 is 1.72 bits per heavy atom. The van der Waals surface area contributed by atoms with Gasteiger partial charge in [-0.2, -0.15) is 26.3 Å². The first-order chi connectivity index (χ1) is 16.9. The van der Waals surface area contributed by atoms with Crippen LogP contribution in [0.2, 0.25) is 0 Å². The number of carbonyl (C=O) groups is 1. The zero-order valence-corrected chi connectivity index (χ0v) is 19.2. The predicted molar refractivity (Wildman–Crippen MR) is 114 cm³/mol. The molecule has 3 rings (SSSR count). The van der Waals surface area contributed by atoms with Gasteiger partial charge in [-0.25, -0.2) is 4.74 Å². The summed E-state index contributed by atoms with van der Waals surface area (Å²) in [4.78, 5) is 11.2. The van der Waals surface area contributed by atoms with Gasteiger partial charge in [0.05, 0.1) is 19.3 Å². The van der Waals surface area contributed by atoms with E-state index >= 15 is 0 Å². The number of rotatable bonds is 12. The Hall–Kier alpha value is -2.15. The van der Waals surface area contributed by atoms with Crippen LogP contribution in [-0.4, -0.2) is 66.2 Å². The van der Waals surface area contributed by atoms with Crippen molar-refractivity contribution in [3.8, 4) is 0 Å². The van der Waals surface area contributed by atoms with Crippen molar-refractivity contribution in [3.05, 3.63) is 47.8 Å². The minimum absolute atomic E-state index is 0.108. The molecule has 2 N–H and O–H groups in total. The van der Waals surface area contributed by atoms with Crippen LogP contribution < -0.4 is 0 Å². The Kier molecular flexibility index (Phi) is 9.07. The number of Topliss-reactive ketones (excluding diaryl/α,β-unsaturated/α-hetero) is 1. The Balaban J connectivity index is 1.64. The molecule has 0 amide bonds. The molecule has 12 heteroatoms. The first kappa shape index (κ1) is 28.4. The molecule has 0 spiro atoms. The Bertz CT molecular complexity index is 907. The first-order valence-electron chi connectivity index (χ1n) is 11.6. The lowest BCUT2D eigenvalue weighted by atomic mass is 9.84. The Morgan fingerprint density at radius 1 is 1.03 bits per heavy atom. The number of ether oxygens (including phenoxy) is 3. The third-order valence-corrected chi connectivity index (χ3v) is 6.21. The van der Waals surface area contributed by atoms with Gasteiger partial charge in [-0.05, 0) is 24.8 Å². The molecule has 36 heavy (non-hydrogen) atoms. The summed E-state index contributed by atoms with van der Waals surface area (Å²) in [5.41, 5.74) is 0.433. The molecule has 0 bridgehead atoms. The van der Waals surface area contributed by atoms with Crippen molar-refractivity contribution >= 4 is 5.78 Å². The van der Waals surface area contributed by atoms with Crippen molar-refractivity contribution in [1.82, 2.24) is 0 Å². The molecule has 1 fully saturated rings. The van der Waals surface area contributed by atoms with E-state index in [2.05, 4.69) is 4.74 Å². The molecule has 3 aliphatic rings. The highest BCUT2D eigenvalue weighted by Gasteiger charge is 2.67. The minimum Gasteiger partial charge on any atom is -0.484 e. The van der Waals surface area contributed by atoms with Crippen molar-refractivity contribution in [2.45, 2.75) is 62.5 Å². The van der Waals surface area contributed by atoms with E-state index in [9.17, 15) is 31.1 Å². The maximum atomic E-state index is 14.1. The largest absolute Gasteiger partial charge is 0.484 e. The van der Waals surface area contributed by atoms with Gasteiger partial charge in [-0.15, -0.1) is 0 Å². The molecule has 1 saturated carbocycles. The molecular formula is C24H28F6O6. The number of aliphatic hydroxyl groups is 2. The van der Waals surface area contributed by atoms with Gasteiger partial charge in [-0.3, -0.25) is 4.79 Å². The Morgan fingerprint density at radius 3 is 2.39 bits per heavy atom. The van der Waals surface area contributed by atoms with E-state index in [1.807, 2.05) is 0 Å². The lowest BCUT2D eigenvalue weighted by Gasteiger charge is -2.32. The highest BCUT2D eigenvalue weighted by Crippen LogP contribution is 2.41. The number of hydrogen-bond donors (Lipinski definition) is 2. The number of fused-ring (bicyclic) bond motifs is 1. The summed E-state index contributed by atoms with van der Waals surface area (Å²) in [6, 6.07) is 0. The molecule has 202 valence electrons. The first-order valence-corrected chi connectivity index (χ1v) is 11.6. The van der Waals surface area contributed by atoms with E-state index in [4.69, 9.17) is 19.7 Å². The summed E-state index contributed by atoms with van der Waals surface area (Å²) in [5.74, 6) is -8.77. The average Bonchev–Trinajstić information content (AvgIpc) is 2.85. The van der Waals surface area contributed by atoms with Gasteiger partial charge in [0.2, 0.25) is 5.78 Å².